The van der Waals surface area contributed by atoms with Gasteiger partial charge < -0.3 is 24.3 Å². The van der Waals surface area contributed by atoms with Gasteiger partial charge >= 0.3 is 15.2 Å². The maximum Gasteiger partial charge on any atom is 0.366 e. The van der Waals surface area contributed by atoms with E-state index >= 15 is 0 Å². The van der Waals surface area contributed by atoms with Gasteiger partial charge in [0.15, 0.2) is 0 Å². The molecular weight excluding hydrogens is 234 g/mol. The molecule has 0 atom stereocenters. The molecule has 0 unspecified atom stereocenters. The summed E-state index contributed by atoms with van der Waals surface area (Å²) in [4.78, 5) is 34.5. The average molecular weight is 248 g/mol. The second-order valence-corrected chi connectivity index (χ2v) is 6.93. The van der Waals surface area contributed by atoms with Crippen LogP contribution >= 0.6 is 15.2 Å². The molecule has 0 saturated heterocycles. The lowest BCUT2D eigenvalue weighted by atomic mass is 10.2. The predicted octanol–water partition coefficient (Wildman–Crippen LogP) is 0.298. The molecule has 7 nitrogen and oxygen atoms in total. The molecule has 0 rings (SSSR count). The van der Waals surface area contributed by atoms with Gasteiger partial charge in [-0.1, -0.05) is 13.8 Å². The van der Waals surface area contributed by atoms with Crippen molar-refractivity contribution in [2.45, 2.75) is 19.4 Å². The van der Waals surface area contributed by atoms with Crippen LogP contribution in [-0.4, -0.2) is 31.8 Å². The van der Waals surface area contributed by atoms with E-state index in [0.29, 0.717) is 0 Å². The Bertz CT molecular complexity index is 241. The topological polar surface area (TPSA) is 124 Å². The minimum atomic E-state index is -4.94. The van der Waals surface area contributed by atoms with Crippen LogP contribution < -0.4 is 0 Å². The summed E-state index contributed by atoms with van der Waals surface area (Å²) in [5.74, 6) is -0.0735. The van der Waals surface area contributed by atoms with E-state index in [0.717, 1.165) is 0 Å². The molecule has 0 aliphatic carbocycles. The van der Waals surface area contributed by atoms with E-state index in [1.54, 1.807) is 13.8 Å². The molecule has 0 saturated carbocycles. The predicted molar refractivity (Wildman–Crippen MR) is 48.7 cm³/mol. The number of ether oxygens (including phenoxy) is 1. The summed E-state index contributed by atoms with van der Waals surface area (Å²) in [5.41, 5.74) is -2.35. The minimum absolute atomic E-state index is 0.0735. The van der Waals surface area contributed by atoms with Gasteiger partial charge in [-0.05, 0) is 5.92 Å². The fraction of sp³-hybridized carbons (Fsp3) is 1.00. The van der Waals surface area contributed by atoms with Crippen LogP contribution in [0.4, 0.5) is 0 Å². The number of rotatable bonds is 5. The molecule has 0 spiro atoms. The van der Waals surface area contributed by atoms with E-state index in [1.165, 1.54) is 0 Å². The molecular formula is C5H14O7P2. The van der Waals surface area contributed by atoms with Gasteiger partial charge in [-0.15, -0.1) is 0 Å². The summed E-state index contributed by atoms with van der Waals surface area (Å²) in [6, 6.07) is 0. The average Bonchev–Trinajstić information content (AvgIpc) is 1.78. The first-order valence-corrected chi connectivity index (χ1v) is 7.13. The molecule has 0 heterocycles. The van der Waals surface area contributed by atoms with Crippen LogP contribution in [0.5, 0.6) is 0 Å². The first kappa shape index (κ1) is 14.3. The summed E-state index contributed by atoms with van der Waals surface area (Å²) >= 11 is 0. The minimum Gasteiger partial charge on any atom is -0.355 e. The highest BCUT2D eigenvalue weighted by atomic mass is 31.2. The molecule has 0 aromatic carbocycles. The summed E-state index contributed by atoms with van der Waals surface area (Å²) in [5, 5.41) is 0. The third-order valence-corrected chi connectivity index (χ3v) is 4.41. The normalized spacial score (nSPS) is 14.0. The molecule has 14 heavy (non-hydrogen) atoms. The smallest absolute Gasteiger partial charge is 0.355 e. The Morgan fingerprint density at radius 1 is 1.07 bits per heavy atom. The molecule has 4 N–H and O–H groups in total. The quantitative estimate of drug-likeness (QED) is 0.515. The van der Waals surface area contributed by atoms with Crippen molar-refractivity contribution in [1.82, 2.24) is 0 Å². The van der Waals surface area contributed by atoms with Crippen molar-refractivity contribution in [2.75, 3.05) is 6.61 Å². The second-order valence-electron chi connectivity index (χ2n) is 3.23. The summed E-state index contributed by atoms with van der Waals surface area (Å²) in [6.07, 6.45) is 0. The van der Waals surface area contributed by atoms with Crippen molar-refractivity contribution in [1.29, 1.82) is 0 Å². The van der Waals surface area contributed by atoms with E-state index in [2.05, 4.69) is 4.74 Å². The lowest BCUT2D eigenvalue weighted by Gasteiger charge is -2.20. The van der Waals surface area contributed by atoms with Crippen LogP contribution in [0.1, 0.15) is 13.8 Å². The number of hydrogen-bond donors (Lipinski definition) is 4. The Kier molecular flexibility index (Phi) is 4.95. The van der Waals surface area contributed by atoms with Crippen LogP contribution in [0.25, 0.3) is 0 Å². The highest BCUT2D eigenvalue weighted by Crippen LogP contribution is 2.60. The molecule has 9 heteroatoms. The molecule has 0 aliphatic heterocycles. The van der Waals surface area contributed by atoms with Crippen molar-refractivity contribution >= 4 is 15.2 Å². The second kappa shape index (κ2) is 4.86. The summed E-state index contributed by atoms with van der Waals surface area (Å²) < 4.78 is 25.8. The molecule has 0 aromatic rings. The van der Waals surface area contributed by atoms with Crippen LogP contribution in [0.15, 0.2) is 0 Å². The van der Waals surface area contributed by atoms with Crippen LogP contribution in [0.2, 0.25) is 0 Å². The van der Waals surface area contributed by atoms with Crippen LogP contribution in [-0.2, 0) is 13.9 Å². The van der Waals surface area contributed by atoms with Crippen molar-refractivity contribution < 1.29 is 33.4 Å². The van der Waals surface area contributed by atoms with Gasteiger partial charge in [0.05, 0.1) is 6.61 Å². The van der Waals surface area contributed by atoms with Crippen molar-refractivity contribution in [2.24, 2.45) is 5.92 Å². The highest BCUT2D eigenvalue weighted by Gasteiger charge is 2.44. The number of hydrogen-bond acceptors (Lipinski definition) is 3. The van der Waals surface area contributed by atoms with E-state index in [9.17, 15) is 9.13 Å². The first-order valence-electron chi connectivity index (χ1n) is 3.77. The maximum absolute atomic E-state index is 10.7. The first-order chi connectivity index (χ1) is 6.05. The molecule has 0 radical (unpaired) electrons. The van der Waals surface area contributed by atoms with Gasteiger partial charge in [0, 0.05) is 0 Å². The van der Waals surface area contributed by atoms with Crippen LogP contribution in [0, 0.1) is 5.92 Å². The van der Waals surface area contributed by atoms with Gasteiger partial charge in [-0.2, -0.15) is 0 Å². The summed E-state index contributed by atoms with van der Waals surface area (Å²) in [7, 11) is -9.88. The Labute approximate surface area is 81.4 Å². The SMILES string of the molecule is CC(C)COC(P(=O)(O)O)P(=O)(O)O. The van der Waals surface area contributed by atoms with Gasteiger partial charge in [0.2, 0.25) is 0 Å². The van der Waals surface area contributed by atoms with Gasteiger partial charge in [-0.3, -0.25) is 9.13 Å². The molecule has 0 amide bonds. The van der Waals surface area contributed by atoms with Gasteiger partial charge in [0.1, 0.15) is 0 Å². The third-order valence-electron chi connectivity index (χ3n) is 1.15. The zero-order chi connectivity index (χ0) is 11.6. The molecule has 0 aromatic heterocycles. The van der Waals surface area contributed by atoms with E-state index in [-0.39, 0.29) is 12.5 Å². The fourth-order valence-corrected chi connectivity index (χ4v) is 2.80. The standard InChI is InChI=1S/C5H14O7P2/c1-4(2)3-12-5(13(6,7)8)14(9,10)11/h4-5H,3H2,1-2H3,(H2,6,7,8)(H2,9,10,11). The Balaban J connectivity index is 4.61. The van der Waals surface area contributed by atoms with Crippen molar-refractivity contribution in [3.05, 3.63) is 0 Å². The van der Waals surface area contributed by atoms with Crippen LogP contribution in [0.3, 0.4) is 0 Å². The molecule has 86 valence electrons. The van der Waals surface area contributed by atoms with E-state index < -0.39 is 20.8 Å². The van der Waals surface area contributed by atoms with Crippen molar-refractivity contribution in [3.8, 4) is 0 Å². The molecule has 0 bridgehead atoms. The highest BCUT2D eigenvalue weighted by molar-refractivity contribution is 7.70. The third kappa shape index (κ3) is 5.22. The maximum atomic E-state index is 10.7. The van der Waals surface area contributed by atoms with Gasteiger partial charge in [-0.25, -0.2) is 0 Å². The van der Waals surface area contributed by atoms with Gasteiger partial charge in [0.25, 0.3) is 5.59 Å². The lowest BCUT2D eigenvalue weighted by Crippen LogP contribution is -2.16. The molecule has 0 fully saturated rings. The Hall–Kier alpha value is 0.260. The van der Waals surface area contributed by atoms with Crippen molar-refractivity contribution in [3.63, 3.8) is 0 Å². The molecule has 0 aliphatic rings. The fourth-order valence-electron chi connectivity index (χ4n) is 0.669. The zero-order valence-corrected chi connectivity index (χ0v) is 9.56. The Morgan fingerprint density at radius 3 is 1.64 bits per heavy atom. The van der Waals surface area contributed by atoms with E-state index in [4.69, 9.17) is 19.6 Å². The monoisotopic (exact) mass is 248 g/mol. The summed E-state index contributed by atoms with van der Waals surface area (Å²) in [6.45, 7) is 3.26. The van der Waals surface area contributed by atoms with E-state index in [1.807, 2.05) is 0 Å². The Morgan fingerprint density at radius 2 is 1.43 bits per heavy atom. The zero-order valence-electron chi connectivity index (χ0n) is 7.77. The largest absolute Gasteiger partial charge is 0.366 e. The lowest BCUT2D eigenvalue weighted by molar-refractivity contribution is 0.0924.